The van der Waals surface area contributed by atoms with Crippen LogP contribution in [0, 0.1) is 0 Å². The molecule has 2 rings (SSSR count). The molecule has 0 unspecified atom stereocenters. The van der Waals surface area contributed by atoms with E-state index in [9.17, 15) is 13.2 Å². The fourth-order valence-corrected chi connectivity index (χ4v) is 1.54. The van der Waals surface area contributed by atoms with Crippen molar-refractivity contribution in [3.8, 4) is 0 Å². The number of hydrogen-bond acceptors (Lipinski definition) is 4. The molecule has 4 nitrogen and oxygen atoms in total. The Labute approximate surface area is 90.1 Å². The summed E-state index contributed by atoms with van der Waals surface area (Å²) in [4.78, 5) is 6.96. The lowest BCUT2D eigenvalue weighted by Gasteiger charge is -2.33. The molecule has 0 spiro atoms. The van der Waals surface area contributed by atoms with E-state index in [1.165, 1.54) is 0 Å². The van der Waals surface area contributed by atoms with Gasteiger partial charge >= 0.3 is 6.18 Å². The van der Waals surface area contributed by atoms with Gasteiger partial charge in [0.05, 0.1) is 12.4 Å². The van der Waals surface area contributed by atoms with Crippen molar-refractivity contribution in [2.75, 3.05) is 5.32 Å². The molecule has 0 saturated heterocycles. The molecule has 0 aliphatic heterocycles. The third-order valence-electron chi connectivity index (χ3n) is 2.47. The number of anilines is 1. The normalized spacial score (nSPS) is 25.0. The van der Waals surface area contributed by atoms with Crippen LogP contribution in [0.3, 0.4) is 0 Å². The molecule has 3 N–H and O–H groups in total. The van der Waals surface area contributed by atoms with Gasteiger partial charge in [0.15, 0.2) is 5.69 Å². The fraction of sp³-hybridized carbons (Fsp3) is 0.556. The van der Waals surface area contributed by atoms with Crippen molar-refractivity contribution >= 4 is 5.82 Å². The van der Waals surface area contributed by atoms with Gasteiger partial charge in [-0.25, -0.2) is 9.97 Å². The summed E-state index contributed by atoms with van der Waals surface area (Å²) < 4.78 is 36.5. The first kappa shape index (κ1) is 11.1. The molecule has 1 aromatic heterocycles. The van der Waals surface area contributed by atoms with E-state index in [4.69, 9.17) is 5.73 Å². The van der Waals surface area contributed by atoms with Crippen LogP contribution in [0.2, 0.25) is 0 Å². The number of nitrogens with one attached hydrogen (secondary N) is 1. The summed E-state index contributed by atoms with van der Waals surface area (Å²) >= 11 is 0. The SMILES string of the molecule is NC1CC(Nc2cnc(C(F)(F)F)cn2)C1. The molecule has 7 heteroatoms. The Morgan fingerprint density at radius 2 is 1.94 bits per heavy atom. The Balaban J connectivity index is 1.97. The second kappa shape index (κ2) is 3.89. The van der Waals surface area contributed by atoms with Gasteiger partial charge in [-0.05, 0) is 12.8 Å². The molecule has 1 saturated carbocycles. The van der Waals surface area contributed by atoms with Crippen LogP contribution in [0.1, 0.15) is 18.5 Å². The minimum absolute atomic E-state index is 0.180. The minimum Gasteiger partial charge on any atom is -0.366 e. The number of nitrogens with two attached hydrogens (primary N) is 1. The first-order valence-electron chi connectivity index (χ1n) is 4.86. The second-order valence-electron chi connectivity index (χ2n) is 3.86. The van der Waals surface area contributed by atoms with Crippen molar-refractivity contribution in [1.29, 1.82) is 0 Å². The third-order valence-corrected chi connectivity index (χ3v) is 2.47. The summed E-state index contributed by atoms with van der Waals surface area (Å²) in [5.74, 6) is 0.352. The van der Waals surface area contributed by atoms with Gasteiger partial charge < -0.3 is 11.1 Å². The summed E-state index contributed by atoms with van der Waals surface area (Å²) in [7, 11) is 0. The molecule has 0 amide bonds. The van der Waals surface area contributed by atoms with E-state index < -0.39 is 11.9 Å². The fourth-order valence-electron chi connectivity index (χ4n) is 1.54. The zero-order chi connectivity index (χ0) is 11.8. The van der Waals surface area contributed by atoms with Gasteiger partial charge in [-0.2, -0.15) is 13.2 Å². The standard InChI is InChI=1S/C9H11F3N4/c10-9(11,12)7-3-15-8(4-14-7)16-6-1-5(13)2-6/h3-6H,1-2,13H2,(H,15,16). The molecule has 1 heterocycles. The van der Waals surface area contributed by atoms with E-state index in [2.05, 4.69) is 15.3 Å². The van der Waals surface area contributed by atoms with E-state index in [0.717, 1.165) is 25.2 Å². The monoisotopic (exact) mass is 232 g/mol. The molecule has 1 fully saturated rings. The van der Waals surface area contributed by atoms with E-state index in [-0.39, 0.29) is 12.1 Å². The summed E-state index contributed by atoms with van der Waals surface area (Å²) in [5, 5.41) is 2.97. The van der Waals surface area contributed by atoms with Crippen LogP contribution >= 0.6 is 0 Å². The van der Waals surface area contributed by atoms with Crippen molar-refractivity contribution in [2.24, 2.45) is 5.73 Å². The zero-order valence-corrected chi connectivity index (χ0v) is 8.33. The Bertz CT molecular complexity index is 356. The lowest BCUT2D eigenvalue weighted by atomic mass is 9.88. The van der Waals surface area contributed by atoms with Crippen molar-refractivity contribution in [2.45, 2.75) is 31.1 Å². The molecule has 0 aromatic carbocycles. The maximum absolute atomic E-state index is 12.2. The lowest BCUT2D eigenvalue weighted by molar-refractivity contribution is -0.141. The van der Waals surface area contributed by atoms with Gasteiger partial charge in [0, 0.05) is 12.1 Å². The van der Waals surface area contributed by atoms with Crippen molar-refractivity contribution in [3.05, 3.63) is 18.1 Å². The topological polar surface area (TPSA) is 63.8 Å². The summed E-state index contributed by atoms with van der Waals surface area (Å²) in [5.41, 5.74) is 4.60. The van der Waals surface area contributed by atoms with E-state index in [0.29, 0.717) is 5.82 Å². The average molecular weight is 232 g/mol. The van der Waals surface area contributed by atoms with Crippen LogP contribution in [0.15, 0.2) is 12.4 Å². The molecule has 16 heavy (non-hydrogen) atoms. The van der Waals surface area contributed by atoms with Gasteiger partial charge in [0.2, 0.25) is 0 Å². The minimum atomic E-state index is -4.44. The van der Waals surface area contributed by atoms with Gasteiger partial charge in [0.1, 0.15) is 5.82 Å². The number of halogens is 3. The highest BCUT2D eigenvalue weighted by molar-refractivity contribution is 5.33. The number of rotatable bonds is 2. The highest BCUT2D eigenvalue weighted by Gasteiger charge is 2.33. The molecule has 88 valence electrons. The maximum atomic E-state index is 12.2. The Morgan fingerprint density at radius 3 is 2.38 bits per heavy atom. The molecular formula is C9H11F3N4. The van der Waals surface area contributed by atoms with Gasteiger partial charge in [-0.15, -0.1) is 0 Å². The zero-order valence-electron chi connectivity index (χ0n) is 8.33. The number of nitrogens with zero attached hydrogens (tertiary/aromatic N) is 2. The van der Waals surface area contributed by atoms with Crippen molar-refractivity contribution in [1.82, 2.24) is 9.97 Å². The first-order chi connectivity index (χ1) is 7.45. The van der Waals surface area contributed by atoms with Gasteiger partial charge in [0.25, 0.3) is 0 Å². The van der Waals surface area contributed by atoms with Gasteiger partial charge in [-0.3, -0.25) is 0 Å². The Kier molecular flexibility index (Phi) is 2.71. The van der Waals surface area contributed by atoms with E-state index in [1.54, 1.807) is 0 Å². The molecule has 0 bridgehead atoms. The predicted octanol–water partition coefficient (Wildman–Crippen LogP) is 1.40. The average Bonchev–Trinajstić information content (AvgIpc) is 2.15. The molecular weight excluding hydrogens is 221 g/mol. The Hall–Kier alpha value is -1.37. The summed E-state index contributed by atoms with van der Waals surface area (Å²) in [6, 6.07) is 0.376. The van der Waals surface area contributed by atoms with Crippen LogP contribution in [0.4, 0.5) is 19.0 Å². The van der Waals surface area contributed by atoms with Crippen molar-refractivity contribution in [3.63, 3.8) is 0 Å². The van der Waals surface area contributed by atoms with Crippen LogP contribution < -0.4 is 11.1 Å². The third kappa shape index (κ3) is 2.41. The summed E-state index contributed by atoms with van der Waals surface area (Å²) in [6.45, 7) is 0. The second-order valence-corrected chi connectivity index (χ2v) is 3.86. The molecule has 0 atom stereocenters. The molecule has 1 aromatic rings. The smallest absolute Gasteiger partial charge is 0.366 e. The van der Waals surface area contributed by atoms with Crippen LogP contribution in [-0.2, 0) is 6.18 Å². The molecule has 0 radical (unpaired) electrons. The Morgan fingerprint density at radius 1 is 1.25 bits per heavy atom. The maximum Gasteiger partial charge on any atom is 0.434 e. The lowest BCUT2D eigenvalue weighted by Crippen LogP contribution is -2.44. The van der Waals surface area contributed by atoms with Crippen LogP contribution in [-0.4, -0.2) is 22.1 Å². The number of alkyl halides is 3. The first-order valence-corrected chi connectivity index (χ1v) is 4.86. The van der Waals surface area contributed by atoms with Crippen LogP contribution in [0.5, 0.6) is 0 Å². The van der Waals surface area contributed by atoms with Crippen LogP contribution in [0.25, 0.3) is 0 Å². The van der Waals surface area contributed by atoms with E-state index >= 15 is 0 Å². The highest BCUT2D eigenvalue weighted by atomic mass is 19.4. The summed E-state index contributed by atoms with van der Waals surface area (Å²) in [6.07, 6.45) is -1.01. The largest absolute Gasteiger partial charge is 0.434 e. The number of aromatic nitrogens is 2. The van der Waals surface area contributed by atoms with E-state index in [1.807, 2.05) is 0 Å². The van der Waals surface area contributed by atoms with Crippen molar-refractivity contribution < 1.29 is 13.2 Å². The predicted molar refractivity (Wildman–Crippen MR) is 51.7 cm³/mol. The van der Waals surface area contributed by atoms with Gasteiger partial charge in [-0.1, -0.05) is 0 Å². The number of hydrogen-bond donors (Lipinski definition) is 2. The quantitative estimate of drug-likeness (QED) is 0.808. The molecule has 1 aliphatic rings. The highest BCUT2D eigenvalue weighted by Crippen LogP contribution is 2.27. The molecule has 1 aliphatic carbocycles.